The van der Waals surface area contributed by atoms with E-state index in [9.17, 15) is 4.79 Å². The van der Waals surface area contributed by atoms with Gasteiger partial charge in [0.2, 0.25) is 5.91 Å². The molecule has 0 spiro atoms. The molecule has 1 fully saturated rings. The van der Waals surface area contributed by atoms with E-state index in [1.165, 1.54) is 32.1 Å². The summed E-state index contributed by atoms with van der Waals surface area (Å²) >= 11 is 3.50. The van der Waals surface area contributed by atoms with Crippen molar-refractivity contribution in [3.8, 4) is 0 Å². The maximum absolute atomic E-state index is 12.4. The molecule has 1 amide bonds. The van der Waals surface area contributed by atoms with Crippen LogP contribution in [-0.4, -0.2) is 5.91 Å². The van der Waals surface area contributed by atoms with Crippen LogP contribution in [0.2, 0.25) is 0 Å². The molecular formula is C16H22BrNO. The molecule has 2 nitrogen and oxygen atoms in total. The van der Waals surface area contributed by atoms with Crippen LogP contribution in [0.1, 0.15) is 50.5 Å². The first kappa shape index (κ1) is 14.6. The molecule has 1 N–H and O–H groups in total. The molecule has 1 aromatic carbocycles. The van der Waals surface area contributed by atoms with Crippen molar-refractivity contribution in [3.05, 3.63) is 28.2 Å². The molecule has 0 unspecified atom stereocenters. The largest absolute Gasteiger partial charge is 0.326 e. The van der Waals surface area contributed by atoms with Crippen molar-refractivity contribution < 1.29 is 4.79 Å². The third kappa shape index (κ3) is 4.07. The zero-order valence-corrected chi connectivity index (χ0v) is 13.1. The zero-order valence-electron chi connectivity index (χ0n) is 11.5. The molecule has 1 aliphatic rings. The Balaban J connectivity index is 2.01. The van der Waals surface area contributed by atoms with E-state index in [0.29, 0.717) is 0 Å². The van der Waals surface area contributed by atoms with Gasteiger partial charge in [0.05, 0.1) is 0 Å². The number of anilines is 1. The van der Waals surface area contributed by atoms with Gasteiger partial charge in [0.1, 0.15) is 0 Å². The van der Waals surface area contributed by atoms with Gasteiger partial charge in [-0.15, -0.1) is 0 Å². The van der Waals surface area contributed by atoms with Gasteiger partial charge in [-0.2, -0.15) is 0 Å². The molecule has 1 saturated carbocycles. The lowest BCUT2D eigenvalue weighted by Gasteiger charge is -2.20. The van der Waals surface area contributed by atoms with Gasteiger partial charge in [-0.25, -0.2) is 0 Å². The van der Waals surface area contributed by atoms with Crippen LogP contribution in [0.3, 0.4) is 0 Å². The summed E-state index contributed by atoms with van der Waals surface area (Å²) in [5, 5.41) is 3.10. The number of rotatable bonds is 2. The molecule has 0 radical (unpaired) electrons. The van der Waals surface area contributed by atoms with Gasteiger partial charge < -0.3 is 5.32 Å². The van der Waals surface area contributed by atoms with Gasteiger partial charge in [0, 0.05) is 16.1 Å². The second-order valence-electron chi connectivity index (χ2n) is 5.44. The number of amides is 1. The molecule has 0 saturated heterocycles. The van der Waals surface area contributed by atoms with Gasteiger partial charge in [-0.3, -0.25) is 4.79 Å². The Morgan fingerprint density at radius 3 is 2.47 bits per heavy atom. The Bertz CT molecular complexity index is 436. The van der Waals surface area contributed by atoms with Gasteiger partial charge >= 0.3 is 0 Å². The summed E-state index contributed by atoms with van der Waals surface area (Å²) in [5.41, 5.74) is 2.03. The van der Waals surface area contributed by atoms with Crippen molar-refractivity contribution in [1.82, 2.24) is 0 Å². The summed E-state index contributed by atoms with van der Waals surface area (Å²) in [6.45, 7) is 2.03. The van der Waals surface area contributed by atoms with Crippen molar-refractivity contribution in [1.29, 1.82) is 0 Å². The first-order valence-electron chi connectivity index (χ1n) is 7.24. The molecule has 1 aromatic rings. The predicted molar refractivity (Wildman–Crippen MR) is 83.3 cm³/mol. The highest BCUT2D eigenvalue weighted by molar-refractivity contribution is 9.10. The minimum Gasteiger partial charge on any atom is -0.326 e. The first-order chi connectivity index (χ1) is 9.18. The SMILES string of the molecule is Cc1c(Br)cccc1NC(=O)C1CCCCCCC1. The Hall–Kier alpha value is -0.830. The fourth-order valence-electron chi connectivity index (χ4n) is 2.70. The van der Waals surface area contributed by atoms with Crippen LogP contribution in [0.5, 0.6) is 0 Å². The number of hydrogen-bond donors (Lipinski definition) is 1. The summed E-state index contributed by atoms with van der Waals surface area (Å²) < 4.78 is 1.04. The number of carbonyl (C=O) groups excluding carboxylic acids is 1. The molecule has 1 aliphatic carbocycles. The second kappa shape index (κ2) is 7.09. The van der Waals surface area contributed by atoms with E-state index >= 15 is 0 Å². The third-order valence-electron chi connectivity index (χ3n) is 4.00. The van der Waals surface area contributed by atoms with Crippen molar-refractivity contribution >= 4 is 27.5 Å². The number of nitrogens with one attached hydrogen (secondary N) is 1. The van der Waals surface area contributed by atoms with Crippen LogP contribution in [0.25, 0.3) is 0 Å². The molecule has 0 heterocycles. The maximum atomic E-state index is 12.4. The van der Waals surface area contributed by atoms with Crippen molar-refractivity contribution in [2.75, 3.05) is 5.32 Å². The lowest BCUT2D eigenvalue weighted by atomic mass is 9.90. The highest BCUT2D eigenvalue weighted by Gasteiger charge is 2.19. The summed E-state index contributed by atoms with van der Waals surface area (Å²) in [6, 6.07) is 5.94. The predicted octanol–water partition coefficient (Wildman–Crippen LogP) is 5.06. The second-order valence-corrected chi connectivity index (χ2v) is 6.30. The Morgan fingerprint density at radius 1 is 1.16 bits per heavy atom. The summed E-state index contributed by atoms with van der Waals surface area (Å²) in [4.78, 5) is 12.4. The van der Waals surface area contributed by atoms with Crippen LogP contribution in [-0.2, 0) is 4.79 Å². The molecule has 2 rings (SSSR count). The van der Waals surface area contributed by atoms with E-state index in [-0.39, 0.29) is 11.8 Å². The van der Waals surface area contributed by atoms with E-state index in [0.717, 1.165) is 28.6 Å². The van der Waals surface area contributed by atoms with Crippen molar-refractivity contribution in [2.45, 2.75) is 51.9 Å². The van der Waals surface area contributed by atoms with Crippen LogP contribution in [0, 0.1) is 12.8 Å². The van der Waals surface area contributed by atoms with E-state index in [2.05, 4.69) is 21.2 Å². The highest BCUT2D eigenvalue weighted by atomic mass is 79.9. The maximum Gasteiger partial charge on any atom is 0.227 e. The lowest BCUT2D eigenvalue weighted by Crippen LogP contribution is -2.24. The summed E-state index contributed by atoms with van der Waals surface area (Å²) in [7, 11) is 0. The topological polar surface area (TPSA) is 29.1 Å². The molecule has 0 aromatic heterocycles. The highest BCUT2D eigenvalue weighted by Crippen LogP contribution is 2.27. The average Bonchev–Trinajstić information content (AvgIpc) is 2.34. The molecule has 3 heteroatoms. The van der Waals surface area contributed by atoms with Crippen LogP contribution in [0.4, 0.5) is 5.69 Å². The quantitative estimate of drug-likeness (QED) is 0.810. The van der Waals surface area contributed by atoms with Gasteiger partial charge in [0.25, 0.3) is 0 Å². The van der Waals surface area contributed by atoms with Crippen molar-refractivity contribution in [2.24, 2.45) is 5.92 Å². The Labute approximate surface area is 124 Å². The van der Waals surface area contributed by atoms with Gasteiger partial charge in [-0.1, -0.05) is 54.1 Å². The number of halogens is 1. The lowest BCUT2D eigenvalue weighted by molar-refractivity contribution is -0.120. The van der Waals surface area contributed by atoms with E-state index in [4.69, 9.17) is 0 Å². The number of carbonyl (C=O) groups is 1. The summed E-state index contributed by atoms with van der Waals surface area (Å²) in [5.74, 6) is 0.391. The van der Waals surface area contributed by atoms with Gasteiger partial charge in [0.15, 0.2) is 0 Å². The van der Waals surface area contributed by atoms with Gasteiger partial charge in [-0.05, 0) is 37.5 Å². The standard InChI is InChI=1S/C16H22BrNO/c1-12-14(17)10-7-11-15(12)18-16(19)13-8-5-3-2-4-6-9-13/h7,10-11,13H,2-6,8-9H2,1H3,(H,18,19). The van der Waals surface area contributed by atoms with E-state index < -0.39 is 0 Å². The molecule has 0 bridgehead atoms. The van der Waals surface area contributed by atoms with Crippen LogP contribution in [0.15, 0.2) is 22.7 Å². The molecular weight excluding hydrogens is 302 g/mol. The normalized spacial score (nSPS) is 17.6. The number of benzene rings is 1. The monoisotopic (exact) mass is 323 g/mol. The van der Waals surface area contributed by atoms with Crippen LogP contribution < -0.4 is 5.32 Å². The van der Waals surface area contributed by atoms with E-state index in [1.54, 1.807) is 0 Å². The molecule has 0 atom stereocenters. The zero-order chi connectivity index (χ0) is 13.7. The van der Waals surface area contributed by atoms with E-state index in [1.807, 2.05) is 25.1 Å². The summed E-state index contributed by atoms with van der Waals surface area (Å²) in [6.07, 6.45) is 8.35. The molecule has 0 aliphatic heterocycles. The fraction of sp³-hybridized carbons (Fsp3) is 0.562. The molecule has 19 heavy (non-hydrogen) atoms. The minimum atomic E-state index is 0.193. The smallest absolute Gasteiger partial charge is 0.227 e. The first-order valence-corrected chi connectivity index (χ1v) is 8.04. The third-order valence-corrected chi connectivity index (χ3v) is 4.86. The molecule has 104 valence electrons. The Kier molecular flexibility index (Phi) is 5.44. The Morgan fingerprint density at radius 2 is 1.79 bits per heavy atom. The number of hydrogen-bond acceptors (Lipinski definition) is 1. The van der Waals surface area contributed by atoms with Crippen molar-refractivity contribution in [3.63, 3.8) is 0 Å². The fourth-order valence-corrected chi connectivity index (χ4v) is 3.06. The van der Waals surface area contributed by atoms with Crippen LogP contribution >= 0.6 is 15.9 Å². The average molecular weight is 324 g/mol. The minimum absolute atomic E-state index is 0.193.